The molecule has 1 heterocycles. The number of aryl methyl sites for hydroxylation is 2. The molecule has 0 fully saturated rings. The van der Waals surface area contributed by atoms with Crippen molar-refractivity contribution in [3.63, 3.8) is 0 Å². The molecule has 1 aromatic rings. The second-order valence-electron chi connectivity index (χ2n) is 5.88. The molecule has 0 aliphatic heterocycles. The van der Waals surface area contributed by atoms with E-state index in [0.29, 0.717) is 5.41 Å². The van der Waals surface area contributed by atoms with Gasteiger partial charge >= 0.3 is 44.5 Å². The number of halogens is 6. The van der Waals surface area contributed by atoms with E-state index in [1.54, 1.807) is 0 Å². The van der Waals surface area contributed by atoms with Gasteiger partial charge in [-0.2, -0.15) is 0 Å². The van der Waals surface area contributed by atoms with E-state index in [2.05, 4.69) is 32.9 Å². The van der Waals surface area contributed by atoms with Crippen LogP contribution in [-0.2, 0) is 6.42 Å². The molecule has 0 aromatic carbocycles. The van der Waals surface area contributed by atoms with Gasteiger partial charge in [-0.05, 0) is 17.4 Å². The molecule has 0 saturated heterocycles. The summed E-state index contributed by atoms with van der Waals surface area (Å²) in [5.74, 6) is 2.00. The van der Waals surface area contributed by atoms with Gasteiger partial charge in [-0.3, -0.25) is 0 Å². The van der Waals surface area contributed by atoms with Crippen molar-refractivity contribution in [3.8, 4) is 0 Å². The molecule has 0 spiro atoms. The van der Waals surface area contributed by atoms with Gasteiger partial charge in [0.15, 0.2) is 0 Å². The van der Waals surface area contributed by atoms with Crippen LogP contribution < -0.4 is 0 Å². The van der Waals surface area contributed by atoms with E-state index in [4.69, 9.17) is 4.42 Å². The van der Waals surface area contributed by atoms with Crippen molar-refractivity contribution in [1.82, 2.24) is 0 Å². The summed E-state index contributed by atoms with van der Waals surface area (Å²) in [4.78, 5) is 0. The third kappa shape index (κ3) is 17.2. The number of rotatable bonds is 1. The number of hydrogen-bond acceptors (Lipinski definition) is 0. The first-order valence-corrected chi connectivity index (χ1v) is 7.81. The fourth-order valence-electron chi connectivity index (χ4n) is 1.59. The first-order chi connectivity index (χ1) is 8.32. The molecule has 8 heteroatoms. The van der Waals surface area contributed by atoms with Gasteiger partial charge in [0, 0.05) is 12.1 Å². The van der Waals surface area contributed by atoms with Crippen molar-refractivity contribution >= 4 is 7.81 Å². The van der Waals surface area contributed by atoms with Crippen molar-refractivity contribution < 1.29 is 29.6 Å². The molecule has 0 unspecified atom stereocenters. The van der Waals surface area contributed by atoms with Crippen molar-refractivity contribution in [2.24, 2.45) is 5.41 Å². The average molecular weight is 324 g/mol. The Morgan fingerprint density at radius 3 is 1.45 bits per heavy atom. The van der Waals surface area contributed by atoms with Gasteiger partial charge in [-0.25, -0.2) is 4.42 Å². The molecule has 1 nitrogen and oxygen atoms in total. The van der Waals surface area contributed by atoms with Crippen molar-refractivity contribution in [1.29, 1.82) is 0 Å². The summed E-state index contributed by atoms with van der Waals surface area (Å²) in [6, 6.07) is 4.25. The van der Waals surface area contributed by atoms with Crippen LogP contribution in [0.5, 0.6) is 0 Å². The molecule has 1 aromatic heterocycles. The molecular formula is C12H19F6OP. The Morgan fingerprint density at radius 2 is 1.20 bits per heavy atom. The van der Waals surface area contributed by atoms with Gasteiger partial charge in [0.25, 0.3) is 0 Å². The molecule has 0 radical (unpaired) electrons. The van der Waals surface area contributed by atoms with Crippen molar-refractivity contribution in [2.45, 2.75) is 41.0 Å². The van der Waals surface area contributed by atoms with Crippen LogP contribution in [0.3, 0.4) is 0 Å². The molecule has 0 atom stereocenters. The van der Waals surface area contributed by atoms with E-state index in [0.717, 1.165) is 17.9 Å². The van der Waals surface area contributed by atoms with Gasteiger partial charge in [0.1, 0.15) is 0 Å². The zero-order valence-electron chi connectivity index (χ0n) is 12.0. The van der Waals surface area contributed by atoms with Crippen LogP contribution in [-0.4, -0.2) is 0 Å². The Kier molecular flexibility index (Phi) is 4.66. The summed E-state index contributed by atoms with van der Waals surface area (Å²) < 4.78 is 64.6. The molecule has 0 aliphatic rings. The quantitative estimate of drug-likeness (QED) is 0.303. The average Bonchev–Trinajstić information content (AvgIpc) is 1.89. The predicted molar refractivity (Wildman–Crippen MR) is 69.3 cm³/mol. The SMILES string of the molecule is Cc1cc(CC(C)(C)C)cc(C)[o+]1.F[P-](F)(F)(F)(F)F. The van der Waals surface area contributed by atoms with E-state index in [9.17, 15) is 25.2 Å². The Balaban J connectivity index is 0.000000441. The van der Waals surface area contributed by atoms with Gasteiger partial charge in [0.05, 0.1) is 13.8 Å². The Labute approximate surface area is 114 Å². The van der Waals surface area contributed by atoms with E-state index in [1.807, 2.05) is 13.8 Å². The van der Waals surface area contributed by atoms with Crippen LogP contribution >= 0.6 is 7.81 Å². The third-order valence-corrected chi connectivity index (χ3v) is 1.83. The van der Waals surface area contributed by atoms with E-state index < -0.39 is 7.81 Å². The second-order valence-corrected chi connectivity index (χ2v) is 7.80. The maximum atomic E-state index is 9.87. The van der Waals surface area contributed by atoms with Crippen LogP contribution in [0.2, 0.25) is 0 Å². The number of hydrogen-bond donors (Lipinski definition) is 0. The topological polar surface area (TPSA) is 11.3 Å². The molecule has 0 amide bonds. The zero-order chi connectivity index (χ0) is 16.5. The van der Waals surface area contributed by atoms with Crippen LogP contribution in [0.25, 0.3) is 0 Å². The van der Waals surface area contributed by atoms with Gasteiger partial charge in [-0.1, -0.05) is 20.8 Å². The molecule has 0 saturated carbocycles. The standard InChI is InChI=1S/C12H19O.F6P/c1-9-6-11(7-10(2)13-9)8-12(3,4)5;1-7(2,3,4,5)6/h6-7H,8H2,1-5H3;/q+1;-1. The van der Waals surface area contributed by atoms with Crippen molar-refractivity contribution in [3.05, 3.63) is 29.2 Å². The maximum absolute atomic E-state index is 10.7. The minimum absolute atomic E-state index is 0.347. The van der Waals surface area contributed by atoms with E-state index >= 15 is 0 Å². The summed E-state index contributed by atoms with van der Waals surface area (Å²) in [7, 11) is -10.7. The fourth-order valence-corrected chi connectivity index (χ4v) is 1.59. The first-order valence-electron chi connectivity index (χ1n) is 5.78. The fraction of sp³-hybridized carbons (Fsp3) is 0.583. The van der Waals surface area contributed by atoms with Gasteiger partial charge in [0.2, 0.25) is 0 Å². The summed E-state index contributed by atoms with van der Waals surface area (Å²) >= 11 is 0. The molecular weight excluding hydrogens is 305 g/mol. The van der Waals surface area contributed by atoms with Crippen LogP contribution in [0.1, 0.15) is 37.9 Å². The molecule has 120 valence electrons. The molecule has 20 heavy (non-hydrogen) atoms. The summed E-state index contributed by atoms with van der Waals surface area (Å²) in [6.07, 6.45) is 1.10. The van der Waals surface area contributed by atoms with Crippen LogP contribution in [0.4, 0.5) is 25.2 Å². The Bertz CT molecular complexity index is 440. The molecule has 0 N–H and O–H groups in total. The Morgan fingerprint density at radius 1 is 0.900 bits per heavy atom. The summed E-state index contributed by atoms with van der Waals surface area (Å²) in [5.41, 5.74) is 1.72. The van der Waals surface area contributed by atoms with E-state index in [-0.39, 0.29) is 0 Å². The summed E-state index contributed by atoms with van der Waals surface area (Å²) in [6.45, 7) is 10.8. The van der Waals surface area contributed by atoms with Crippen LogP contribution in [0.15, 0.2) is 16.5 Å². The molecule has 0 aliphatic carbocycles. The van der Waals surface area contributed by atoms with Gasteiger partial charge < -0.3 is 0 Å². The zero-order valence-corrected chi connectivity index (χ0v) is 12.9. The normalized spacial score (nSPS) is 15.8. The molecule has 0 bridgehead atoms. The summed E-state index contributed by atoms with van der Waals surface area (Å²) in [5, 5.41) is 0. The van der Waals surface area contributed by atoms with Crippen molar-refractivity contribution in [2.75, 3.05) is 0 Å². The third-order valence-electron chi connectivity index (χ3n) is 1.83. The van der Waals surface area contributed by atoms with Crippen LogP contribution in [0, 0.1) is 19.3 Å². The van der Waals surface area contributed by atoms with Gasteiger partial charge in [-0.15, -0.1) is 0 Å². The monoisotopic (exact) mass is 324 g/mol. The minimum atomic E-state index is -10.7. The predicted octanol–water partition coefficient (Wildman–Crippen LogP) is 7.15. The first kappa shape index (κ1) is 19.2. The van der Waals surface area contributed by atoms with E-state index in [1.165, 1.54) is 5.56 Å². The Hall–Kier alpha value is -0.840. The second kappa shape index (κ2) is 4.86. The molecule has 1 rings (SSSR count).